The lowest BCUT2D eigenvalue weighted by atomic mass is 9.70. The third-order valence-corrected chi connectivity index (χ3v) is 5.86. The summed E-state index contributed by atoms with van der Waals surface area (Å²) >= 11 is 0. The highest BCUT2D eigenvalue weighted by molar-refractivity contribution is 5.93. The molecule has 0 radical (unpaired) electrons. The highest BCUT2D eigenvalue weighted by atomic mass is 16.5. The van der Waals surface area contributed by atoms with Crippen molar-refractivity contribution < 1.29 is 19.1 Å². The molecule has 172 valence electrons. The molecule has 1 amide bonds. The topological polar surface area (TPSA) is 77.5 Å². The Kier molecular flexibility index (Phi) is 8.41. The lowest BCUT2D eigenvalue weighted by Crippen LogP contribution is -2.47. The van der Waals surface area contributed by atoms with Gasteiger partial charge in [-0.3, -0.25) is 4.79 Å². The highest BCUT2D eigenvalue weighted by Crippen LogP contribution is 2.44. The normalized spacial score (nSPS) is 25.8. The molecule has 1 saturated heterocycles. The molecule has 2 aliphatic rings. The summed E-state index contributed by atoms with van der Waals surface area (Å²) in [4.78, 5) is 29.0. The van der Waals surface area contributed by atoms with Crippen LogP contribution >= 0.6 is 0 Å². The number of hydrogen-bond acceptors (Lipinski definition) is 5. The van der Waals surface area contributed by atoms with E-state index >= 15 is 0 Å². The first-order valence-corrected chi connectivity index (χ1v) is 11.4. The molecule has 2 heterocycles. The van der Waals surface area contributed by atoms with Gasteiger partial charge in [-0.2, -0.15) is 0 Å². The molecular formula is C25H38N2O4. The first-order chi connectivity index (χ1) is 14.6. The number of hydrogen-bond donors (Lipinski definition) is 1. The number of anilines is 1. The maximum absolute atomic E-state index is 12.6. The number of fused-ring (bicyclic) bond motifs is 2. The van der Waals surface area contributed by atoms with Crippen molar-refractivity contribution in [3.05, 3.63) is 35.5 Å². The van der Waals surface area contributed by atoms with Crippen LogP contribution in [0.25, 0.3) is 0 Å². The van der Waals surface area contributed by atoms with Crippen LogP contribution in [0.4, 0.5) is 5.82 Å². The molecule has 6 heteroatoms. The zero-order valence-electron chi connectivity index (χ0n) is 20.1. The summed E-state index contributed by atoms with van der Waals surface area (Å²) in [5.41, 5.74) is 0.390. The van der Waals surface area contributed by atoms with Crippen LogP contribution in [0, 0.1) is 17.3 Å². The summed E-state index contributed by atoms with van der Waals surface area (Å²) in [5.74, 6) is 0.793. The van der Waals surface area contributed by atoms with Crippen molar-refractivity contribution in [2.24, 2.45) is 17.3 Å². The van der Waals surface area contributed by atoms with Gasteiger partial charge in [0.15, 0.2) is 0 Å². The Labute approximate surface area is 186 Å². The van der Waals surface area contributed by atoms with Crippen molar-refractivity contribution in [3.8, 4) is 0 Å². The number of esters is 1. The number of amides is 1. The maximum atomic E-state index is 12.6. The predicted molar refractivity (Wildman–Crippen MR) is 122 cm³/mol. The molecule has 0 aromatic carbocycles. The molecule has 2 bridgehead atoms. The van der Waals surface area contributed by atoms with Crippen LogP contribution < -0.4 is 5.32 Å². The van der Waals surface area contributed by atoms with E-state index < -0.39 is 11.0 Å². The maximum Gasteiger partial charge on any atom is 0.336 e. The molecule has 6 nitrogen and oxygen atoms in total. The van der Waals surface area contributed by atoms with E-state index in [1.54, 1.807) is 12.3 Å². The molecule has 2 unspecified atom stereocenters. The van der Waals surface area contributed by atoms with Crippen molar-refractivity contribution >= 4 is 17.7 Å². The number of pyridine rings is 1. The average Bonchev–Trinajstić information content (AvgIpc) is 2.73. The van der Waals surface area contributed by atoms with E-state index in [1.807, 2.05) is 53.7 Å². The van der Waals surface area contributed by atoms with E-state index in [4.69, 9.17) is 9.47 Å². The Balaban J connectivity index is 0.00000166. The second kappa shape index (κ2) is 10.4. The van der Waals surface area contributed by atoms with Crippen LogP contribution in [0.3, 0.4) is 0 Å². The SMILES string of the molecule is CC.CC1C=C2C(=O)OCCCC(C1)[C@]2(C)OCc1ccc(NC(=O)C(C)(C)C)nc1. The van der Waals surface area contributed by atoms with Crippen molar-refractivity contribution in [2.75, 3.05) is 11.9 Å². The van der Waals surface area contributed by atoms with Crippen LogP contribution in [0.5, 0.6) is 0 Å². The first-order valence-electron chi connectivity index (χ1n) is 11.4. The summed E-state index contributed by atoms with van der Waals surface area (Å²) in [7, 11) is 0. The van der Waals surface area contributed by atoms with Crippen LogP contribution in [-0.2, 0) is 25.7 Å². The number of nitrogens with one attached hydrogen (secondary N) is 1. The number of ether oxygens (including phenoxy) is 2. The molecule has 1 aliphatic heterocycles. The summed E-state index contributed by atoms with van der Waals surface area (Å²) < 4.78 is 11.8. The third kappa shape index (κ3) is 6.16. The van der Waals surface area contributed by atoms with Gasteiger partial charge in [0.25, 0.3) is 0 Å². The van der Waals surface area contributed by atoms with Gasteiger partial charge in [0.1, 0.15) is 11.4 Å². The molecule has 1 fully saturated rings. The van der Waals surface area contributed by atoms with E-state index in [0.717, 1.165) is 24.8 Å². The fraction of sp³-hybridized carbons (Fsp3) is 0.640. The summed E-state index contributed by atoms with van der Waals surface area (Å²) in [6, 6.07) is 3.67. The number of carbonyl (C=O) groups is 2. The third-order valence-electron chi connectivity index (χ3n) is 5.86. The Morgan fingerprint density at radius 2 is 2.03 bits per heavy atom. The molecule has 1 aromatic heterocycles. The molecule has 1 aromatic rings. The molecule has 1 aliphatic carbocycles. The van der Waals surface area contributed by atoms with E-state index in [1.165, 1.54) is 0 Å². The van der Waals surface area contributed by atoms with Crippen molar-refractivity contribution in [3.63, 3.8) is 0 Å². The van der Waals surface area contributed by atoms with Crippen LogP contribution in [0.2, 0.25) is 0 Å². The number of allylic oxidation sites excluding steroid dienone is 1. The van der Waals surface area contributed by atoms with Crippen LogP contribution in [0.15, 0.2) is 30.0 Å². The molecule has 31 heavy (non-hydrogen) atoms. The van der Waals surface area contributed by atoms with Gasteiger partial charge >= 0.3 is 5.97 Å². The first kappa shape index (κ1) is 25.1. The van der Waals surface area contributed by atoms with Gasteiger partial charge in [-0.25, -0.2) is 9.78 Å². The highest BCUT2D eigenvalue weighted by Gasteiger charge is 2.46. The predicted octanol–water partition coefficient (Wildman–Crippen LogP) is 5.29. The summed E-state index contributed by atoms with van der Waals surface area (Å²) in [5, 5.41) is 2.82. The zero-order chi connectivity index (χ0) is 23.2. The van der Waals surface area contributed by atoms with Crippen molar-refractivity contribution in [1.82, 2.24) is 4.98 Å². The lowest BCUT2D eigenvalue weighted by molar-refractivity contribution is -0.149. The fourth-order valence-electron chi connectivity index (χ4n) is 3.96. The van der Waals surface area contributed by atoms with Gasteiger partial charge in [0, 0.05) is 11.6 Å². The average molecular weight is 431 g/mol. The quantitative estimate of drug-likeness (QED) is 0.657. The summed E-state index contributed by atoms with van der Waals surface area (Å²) in [6.07, 6.45) is 6.55. The number of cyclic esters (lactones) is 1. The number of rotatable bonds is 4. The van der Waals surface area contributed by atoms with Crippen molar-refractivity contribution in [1.29, 1.82) is 0 Å². The van der Waals surface area contributed by atoms with Crippen LogP contribution in [-0.4, -0.2) is 29.1 Å². The van der Waals surface area contributed by atoms with Crippen LogP contribution in [0.1, 0.15) is 73.3 Å². The minimum atomic E-state index is -0.664. The molecule has 3 atom stereocenters. The lowest BCUT2D eigenvalue weighted by Gasteiger charge is -2.44. The number of aromatic nitrogens is 1. The largest absolute Gasteiger partial charge is 0.462 e. The minimum absolute atomic E-state index is 0.0802. The van der Waals surface area contributed by atoms with Gasteiger partial charge in [-0.05, 0) is 49.7 Å². The minimum Gasteiger partial charge on any atom is -0.462 e. The Bertz CT molecular complexity index is 795. The second-order valence-corrected chi connectivity index (χ2v) is 9.42. The van der Waals surface area contributed by atoms with Gasteiger partial charge in [0.05, 0.1) is 18.8 Å². The molecule has 1 N–H and O–H groups in total. The second-order valence-electron chi connectivity index (χ2n) is 9.42. The van der Waals surface area contributed by atoms with Gasteiger partial charge in [0.2, 0.25) is 5.91 Å². The van der Waals surface area contributed by atoms with Gasteiger partial charge < -0.3 is 14.8 Å². The van der Waals surface area contributed by atoms with Gasteiger partial charge in [-0.1, -0.05) is 53.7 Å². The monoisotopic (exact) mass is 430 g/mol. The van der Waals surface area contributed by atoms with E-state index in [-0.39, 0.29) is 17.8 Å². The standard InChI is InChI=1S/C23H32N2O4.C2H6/c1-15-11-17-7-6-10-28-20(26)18(12-15)23(17,5)29-14-16-8-9-19(24-13-16)25-21(27)22(2,3)4;1-2/h8-9,12-13,15,17H,6-7,10-11,14H2,1-5H3,(H,24,25,27);1-2H3/t15?,17?,23-;/m0./s1. The summed E-state index contributed by atoms with van der Waals surface area (Å²) in [6.45, 7) is 14.5. The Morgan fingerprint density at radius 3 is 2.65 bits per heavy atom. The Morgan fingerprint density at radius 1 is 1.32 bits per heavy atom. The smallest absolute Gasteiger partial charge is 0.336 e. The molecular weight excluding hydrogens is 392 g/mol. The van der Waals surface area contributed by atoms with E-state index in [0.29, 0.717) is 30.5 Å². The zero-order valence-corrected chi connectivity index (χ0v) is 20.1. The van der Waals surface area contributed by atoms with E-state index in [9.17, 15) is 9.59 Å². The fourth-order valence-corrected chi connectivity index (χ4v) is 3.96. The Hall–Kier alpha value is -2.21. The molecule has 0 saturated carbocycles. The molecule has 3 rings (SSSR count). The molecule has 0 spiro atoms. The number of nitrogens with zero attached hydrogens (tertiary/aromatic N) is 1. The number of carbonyl (C=O) groups excluding carboxylic acids is 2. The van der Waals surface area contributed by atoms with Crippen molar-refractivity contribution in [2.45, 2.75) is 79.9 Å². The van der Waals surface area contributed by atoms with E-state index in [2.05, 4.69) is 17.2 Å². The van der Waals surface area contributed by atoms with Gasteiger partial charge in [-0.15, -0.1) is 0 Å².